The molecule has 0 amide bonds. The highest BCUT2D eigenvalue weighted by molar-refractivity contribution is 5.86. The summed E-state index contributed by atoms with van der Waals surface area (Å²) in [5, 5.41) is 4.92. The van der Waals surface area contributed by atoms with Crippen LogP contribution in [0.4, 0.5) is 0 Å². The summed E-state index contributed by atoms with van der Waals surface area (Å²) in [5.41, 5.74) is 5.54. The third-order valence-corrected chi connectivity index (χ3v) is 4.73. The van der Waals surface area contributed by atoms with Crippen LogP contribution in [0, 0.1) is 19.8 Å². The predicted octanol–water partition coefficient (Wildman–Crippen LogP) is 3.72. The summed E-state index contributed by atoms with van der Waals surface area (Å²) in [6.45, 7) is 4.39. The van der Waals surface area contributed by atoms with Crippen molar-refractivity contribution in [2.75, 3.05) is 7.05 Å². The highest BCUT2D eigenvalue weighted by atomic mass is 14.9. The first-order valence-electron chi connectivity index (χ1n) is 7.43. The van der Waals surface area contributed by atoms with Crippen LogP contribution in [0.5, 0.6) is 0 Å². The first-order chi connectivity index (χ1) is 9.19. The van der Waals surface area contributed by atoms with Gasteiger partial charge in [-0.3, -0.25) is 0 Å². The molecule has 1 saturated carbocycles. The lowest BCUT2D eigenvalue weighted by Gasteiger charge is -2.18. The molecule has 1 heterocycles. The Morgan fingerprint density at radius 1 is 1.26 bits per heavy atom. The van der Waals surface area contributed by atoms with E-state index in [0.717, 1.165) is 5.92 Å². The molecule has 3 rings (SSSR count). The molecular weight excluding hydrogens is 232 g/mol. The molecule has 2 heteroatoms. The van der Waals surface area contributed by atoms with E-state index < -0.39 is 0 Å². The second-order valence-corrected chi connectivity index (χ2v) is 6.11. The maximum atomic E-state index is 3.49. The number of hydrogen-bond donors (Lipinski definition) is 2. The van der Waals surface area contributed by atoms with Gasteiger partial charge in [-0.15, -0.1) is 0 Å². The van der Waals surface area contributed by atoms with Crippen LogP contribution < -0.4 is 5.32 Å². The molecular formula is C17H24N2. The van der Waals surface area contributed by atoms with Gasteiger partial charge in [-0.2, -0.15) is 0 Å². The van der Waals surface area contributed by atoms with Crippen molar-refractivity contribution in [1.82, 2.24) is 10.3 Å². The highest BCUT2D eigenvalue weighted by Gasteiger charge is 2.26. The van der Waals surface area contributed by atoms with Crippen molar-refractivity contribution >= 4 is 10.9 Å². The lowest BCUT2D eigenvalue weighted by Crippen LogP contribution is -2.29. The lowest BCUT2D eigenvalue weighted by molar-refractivity contribution is 0.424. The van der Waals surface area contributed by atoms with Crippen LogP contribution in [0.25, 0.3) is 10.9 Å². The summed E-state index contributed by atoms with van der Waals surface area (Å²) in [7, 11) is 2.10. The number of rotatable bonds is 3. The minimum atomic E-state index is 0.704. The van der Waals surface area contributed by atoms with Gasteiger partial charge in [0.2, 0.25) is 0 Å². The Morgan fingerprint density at radius 3 is 2.89 bits per heavy atom. The van der Waals surface area contributed by atoms with E-state index >= 15 is 0 Å². The van der Waals surface area contributed by atoms with Crippen molar-refractivity contribution in [3.8, 4) is 0 Å². The molecule has 0 spiro atoms. The Balaban J connectivity index is 1.93. The summed E-state index contributed by atoms with van der Waals surface area (Å²) >= 11 is 0. The number of hydrogen-bond acceptors (Lipinski definition) is 1. The molecule has 102 valence electrons. The summed E-state index contributed by atoms with van der Waals surface area (Å²) in [4.78, 5) is 3.47. The number of aryl methyl sites for hydroxylation is 2. The third kappa shape index (κ3) is 2.30. The largest absolute Gasteiger partial charge is 0.361 e. The topological polar surface area (TPSA) is 27.8 Å². The molecule has 0 radical (unpaired) electrons. The number of aromatic nitrogens is 1. The zero-order valence-electron chi connectivity index (χ0n) is 12.2. The van der Waals surface area contributed by atoms with Gasteiger partial charge in [-0.25, -0.2) is 0 Å². The van der Waals surface area contributed by atoms with E-state index in [1.54, 1.807) is 0 Å². The van der Waals surface area contributed by atoms with Crippen LogP contribution in [0.15, 0.2) is 18.3 Å². The maximum absolute atomic E-state index is 3.49. The van der Waals surface area contributed by atoms with E-state index in [4.69, 9.17) is 0 Å². The van der Waals surface area contributed by atoms with E-state index in [2.05, 4.69) is 49.5 Å². The van der Waals surface area contributed by atoms with Gasteiger partial charge in [-0.05, 0) is 63.3 Å². The molecule has 2 atom stereocenters. The Labute approximate surface area is 115 Å². The van der Waals surface area contributed by atoms with E-state index in [1.165, 1.54) is 53.3 Å². The van der Waals surface area contributed by atoms with Gasteiger partial charge in [0.25, 0.3) is 0 Å². The fourth-order valence-corrected chi connectivity index (χ4v) is 3.76. The van der Waals surface area contributed by atoms with E-state index in [1.807, 2.05) is 0 Å². The van der Waals surface area contributed by atoms with E-state index in [-0.39, 0.29) is 0 Å². The van der Waals surface area contributed by atoms with Gasteiger partial charge in [0, 0.05) is 23.1 Å². The average molecular weight is 256 g/mol. The minimum absolute atomic E-state index is 0.704. The van der Waals surface area contributed by atoms with Gasteiger partial charge in [0.1, 0.15) is 0 Å². The normalized spacial score (nSPS) is 23.3. The number of fused-ring (bicyclic) bond motifs is 1. The number of benzene rings is 1. The second-order valence-electron chi connectivity index (χ2n) is 6.11. The highest BCUT2D eigenvalue weighted by Crippen LogP contribution is 2.32. The van der Waals surface area contributed by atoms with Crippen molar-refractivity contribution in [3.63, 3.8) is 0 Å². The maximum Gasteiger partial charge on any atom is 0.0486 e. The van der Waals surface area contributed by atoms with Gasteiger partial charge < -0.3 is 10.3 Å². The third-order valence-electron chi connectivity index (χ3n) is 4.73. The quantitative estimate of drug-likeness (QED) is 0.860. The smallest absolute Gasteiger partial charge is 0.0486 e. The molecule has 19 heavy (non-hydrogen) atoms. The molecule has 0 bridgehead atoms. The Morgan fingerprint density at radius 2 is 2.11 bits per heavy atom. The zero-order valence-corrected chi connectivity index (χ0v) is 12.2. The predicted molar refractivity (Wildman–Crippen MR) is 81.7 cm³/mol. The van der Waals surface area contributed by atoms with Gasteiger partial charge >= 0.3 is 0 Å². The van der Waals surface area contributed by atoms with Crippen molar-refractivity contribution < 1.29 is 0 Å². The molecule has 2 nitrogen and oxygen atoms in total. The van der Waals surface area contributed by atoms with Crippen LogP contribution in [0.2, 0.25) is 0 Å². The SMILES string of the molecule is CNC1CCCC1Cc1c[nH]c2c(C)cc(C)cc12. The first-order valence-corrected chi connectivity index (χ1v) is 7.43. The molecule has 2 unspecified atom stereocenters. The summed E-state index contributed by atoms with van der Waals surface area (Å²) in [6, 6.07) is 5.29. The van der Waals surface area contributed by atoms with Crippen molar-refractivity contribution in [1.29, 1.82) is 0 Å². The Kier molecular flexibility index (Phi) is 3.36. The molecule has 0 saturated heterocycles. The van der Waals surface area contributed by atoms with Crippen molar-refractivity contribution in [3.05, 3.63) is 35.0 Å². The van der Waals surface area contributed by atoms with Crippen LogP contribution >= 0.6 is 0 Å². The number of aromatic amines is 1. The summed E-state index contributed by atoms with van der Waals surface area (Å²) < 4.78 is 0. The molecule has 1 aromatic carbocycles. The monoisotopic (exact) mass is 256 g/mol. The second kappa shape index (κ2) is 5.01. The van der Waals surface area contributed by atoms with Gasteiger partial charge in [-0.1, -0.05) is 18.1 Å². The fraction of sp³-hybridized carbons (Fsp3) is 0.529. The standard InChI is InChI=1S/C17H24N2/c1-11-7-12(2)17-15(8-11)14(10-19-17)9-13-5-4-6-16(13)18-3/h7-8,10,13,16,18-19H,4-6,9H2,1-3H3. The van der Waals surface area contributed by atoms with Gasteiger partial charge in [0.15, 0.2) is 0 Å². The van der Waals surface area contributed by atoms with Crippen LogP contribution in [0.1, 0.15) is 36.0 Å². The van der Waals surface area contributed by atoms with Crippen LogP contribution in [-0.4, -0.2) is 18.1 Å². The van der Waals surface area contributed by atoms with Crippen LogP contribution in [0.3, 0.4) is 0 Å². The fourth-order valence-electron chi connectivity index (χ4n) is 3.76. The Bertz CT molecular complexity index is 582. The molecule has 1 aromatic heterocycles. The molecule has 1 aliphatic carbocycles. The van der Waals surface area contributed by atoms with Crippen molar-refractivity contribution in [2.24, 2.45) is 5.92 Å². The van der Waals surface area contributed by atoms with E-state index in [9.17, 15) is 0 Å². The number of H-pyrrole nitrogens is 1. The molecule has 2 aromatic rings. The Hall–Kier alpha value is -1.28. The van der Waals surface area contributed by atoms with E-state index in [0.29, 0.717) is 6.04 Å². The molecule has 1 aliphatic rings. The average Bonchev–Trinajstić information content (AvgIpc) is 2.97. The lowest BCUT2D eigenvalue weighted by atomic mass is 9.93. The molecule has 2 N–H and O–H groups in total. The zero-order chi connectivity index (χ0) is 13.4. The first kappa shape index (κ1) is 12.7. The van der Waals surface area contributed by atoms with Crippen LogP contribution in [-0.2, 0) is 6.42 Å². The molecule has 0 aliphatic heterocycles. The molecule has 1 fully saturated rings. The summed E-state index contributed by atoms with van der Waals surface area (Å²) in [5.74, 6) is 0.796. The minimum Gasteiger partial charge on any atom is -0.361 e. The number of nitrogens with one attached hydrogen (secondary N) is 2. The summed E-state index contributed by atoms with van der Waals surface area (Å²) in [6.07, 6.45) is 7.50. The van der Waals surface area contributed by atoms with Crippen molar-refractivity contribution in [2.45, 2.75) is 45.6 Å². The van der Waals surface area contributed by atoms with Gasteiger partial charge in [0.05, 0.1) is 0 Å².